The van der Waals surface area contributed by atoms with E-state index in [0.717, 1.165) is 11.1 Å². The van der Waals surface area contributed by atoms with Crippen molar-refractivity contribution in [1.82, 2.24) is 10.2 Å². The average molecular weight is 474 g/mol. The van der Waals surface area contributed by atoms with Crippen LogP contribution in [-0.4, -0.2) is 62.5 Å². The van der Waals surface area contributed by atoms with Crippen LogP contribution < -0.4 is 11.1 Å². The summed E-state index contributed by atoms with van der Waals surface area (Å²) in [6.07, 6.45) is 4.28. The average Bonchev–Trinajstić information content (AvgIpc) is 2.95. The molecule has 0 aromatic carbocycles. The number of likely N-dealkylation sites (tertiary alicyclic amines) is 1. The van der Waals surface area contributed by atoms with Gasteiger partial charge in [-0.1, -0.05) is 23.3 Å². The van der Waals surface area contributed by atoms with Gasteiger partial charge < -0.3 is 20.7 Å². The summed E-state index contributed by atoms with van der Waals surface area (Å²) in [5.74, 6) is 0.350. The lowest BCUT2D eigenvalue weighted by Gasteiger charge is -2.29. The highest BCUT2D eigenvalue weighted by molar-refractivity contribution is 5.96. The number of alkyl halides is 4. The molecule has 1 saturated heterocycles. The molecule has 1 aliphatic heterocycles. The molecule has 0 bridgehead atoms. The fraction of sp³-hybridized carbons (Fsp3) is 0.625. The van der Waals surface area contributed by atoms with Gasteiger partial charge in [-0.25, -0.2) is 4.39 Å². The molecule has 1 amide bonds. The van der Waals surface area contributed by atoms with E-state index >= 15 is 0 Å². The van der Waals surface area contributed by atoms with Gasteiger partial charge in [0.25, 0.3) is 5.91 Å². The molecule has 1 aliphatic carbocycles. The lowest BCUT2D eigenvalue weighted by molar-refractivity contribution is -0.153. The van der Waals surface area contributed by atoms with E-state index in [0.29, 0.717) is 56.6 Å². The molecular formula is C24H35F4N3O2. The normalized spacial score (nSPS) is 21.1. The summed E-state index contributed by atoms with van der Waals surface area (Å²) >= 11 is 0. The Balaban J connectivity index is 1.91. The maximum absolute atomic E-state index is 13.7. The van der Waals surface area contributed by atoms with Crippen LogP contribution in [0.2, 0.25) is 0 Å². The van der Waals surface area contributed by atoms with Crippen LogP contribution in [0.1, 0.15) is 45.4 Å². The number of carbonyl (C=O) groups is 1. The minimum atomic E-state index is -4.31. The lowest BCUT2D eigenvalue weighted by atomic mass is 10.1. The largest absolute Gasteiger partial charge is 0.494 e. The number of nitrogens with one attached hydrogen (secondary N) is 1. The van der Waals surface area contributed by atoms with Gasteiger partial charge in [0, 0.05) is 18.7 Å². The van der Waals surface area contributed by atoms with Gasteiger partial charge >= 0.3 is 6.18 Å². The van der Waals surface area contributed by atoms with Crippen molar-refractivity contribution in [2.24, 2.45) is 5.73 Å². The number of piperidine rings is 1. The summed E-state index contributed by atoms with van der Waals surface area (Å²) in [6, 6.07) is -1.60. The fourth-order valence-electron chi connectivity index (χ4n) is 3.83. The van der Waals surface area contributed by atoms with Gasteiger partial charge in [-0.3, -0.25) is 4.79 Å². The van der Waals surface area contributed by atoms with Crippen LogP contribution in [-0.2, 0) is 9.53 Å². The van der Waals surface area contributed by atoms with Gasteiger partial charge in [0.2, 0.25) is 0 Å². The quantitative estimate of drug-likeness (QED) is 0.282. The predicted molar refractivity (Wildman–Crippen MR) is 121 cm³/mol. The molecule has 0 saturated carbocycles. The molecule has 1 fully saturated rings. The third-order valence-electron chi connectivity index (χ3n) is 5.79. The number of allylic oxidation sites excluding steroid dienone is 3. The summed E-state index contributed by atoms with van der Waals surface area (Å²) in [4.78, 5) is 14.4. The number of carbonyl (C=O) groups excluding carboxylic acids is 1. The number of rotatable bonds is 10. The molecule has 2 aliphatic rings. The monoisotopic (exact) mass is 473 g/mol. The van der Waals surface area contributed by atoms with Crippen molar-refractivity contribution < 1.29 is 27.1 Å². The molecule has 0 radical (unpaired) electrons. The Labute approximate surface area is 193 Å². The van der Waals surface area contributed by atoms with E-state index in [4.69, 9.17) is 10.5 Å². The van der Waals surface area contributed by atoms with Crippen molar-refractivity contribution in [1.29, 1.82) is 0 Å². The van der Waals surface area contributed by atoms with E-state index in [1.54, 1.807) is 17.1 Å². The van der Waals surface area contributed by atoms with Crippen LogP contribution in [0.15, 0.2) is 46.8 Å². The first kappa shape index (κ1) is 27.1. The van der Waals surface area contributed by atoms with E-state index in [1.807, 2.05) is 19.1 Å². The van der Waals surface area contributed by atoms with Crippen molar-refractivity contribution in [3.63, 3.8) is 0 Å². The topological polar surface area (TPSA) is 67.6 Å². The maximum atomic E-state index is 13.7. The Morgan fingerprint density at radius 3 is 2.79 bits per heavy atom. The van der Waals surface area contributed by atoms with Gasteiger partial charge in [-0.15, -0.1) is 0 Å². The Bertz CT molecular complexity index is 787. The number of ether oxygens (including phenoxy) is 1. The molecule has 186 valence electrons. The van der Waals surface area contributed by atoms with Gasteiger partial charge in [-0.2, -0.15) is 13.2 Å². The second-order valence-electron chi connectivity index (χ2n) is 8.53. The highest BCUT2D eigenvalue weighted by atomic mass is 19.4. The predicted octanol–water partition coefficient (Wildman–Crippen LogP) is 4.33. The van der Waals surface area contributed by atoms with Gasteiger partial charge in [-0.05, 0) is 64.6 Å². The number of hydrogen-bond acceptors (Lipinski definition) is 4. The lowest BCUT2D eigenvalue weighted by Crippen LogP contribution is -2.41. The van der Waals surface area contributed by atoms with E-state index in [1.165, 1.54) is 7.05 Å². The second-order valence-corrected chi connectivity index (χ2v) is 8.53. The van der Waals surface area contributed by atoms with E-state index in [-0.39, 0.29) is 25.4 Å². The van der Waals surface area contributed by atoms with Crippen molar-refractivity contribution in [2.45, 2.75) is 63.8 Å². The standard InChI is InChI=1S/C24H35F4N3O2/c1-17-7-9-19(23(32)31-11-3-6-20(25)16-31)14-21(13-17)33-12-4-5-18(15-29)8-10-22(30-2)24(26,27)28/h8-9,13-14,20,22,30H,3-7,10-12,15-16,29H2,1-2H3/b18-8+/t20-,22?/m1/s1. The molecule has 9 heteroatoms. The molecule has 1 heterocycles. The van der Waals surface area contributed by atoms with Gasteiger partial charge in [0.1, 0.15) is 18.0 Å². The van der Waals surface area contributed by atoms with Gasteiger partial charge in [0.05, 0.1) is 13.2 Å². The molecule has 3 N–H and O–H groups in total. The Hall–Kier alpha value is -2.13. The smallest absolute Gasteiger partial charge is 0.404 e. The SMILES string of the molecule is CNC(C/C=C(/CN)CCCOC1=CC(C(=O)N2CCC[C@@H](F)C2)=CCC(C)=C1)C(F)(F)F. The number of hydrogen-bond donors (Lipinski definition) is 2. The molecule has 0 aromatic heterocycles. The number of nitrogens with zero attached hydrogens (tertiary/aromatic N) is 1. The van der Waals surface area contributed by atoms with Crippen molar-refractivity contribution >= 4 is 5.91 Å². The van der Waals surface area contributed by atoms with Crippen LogP contribution >= 0.6 is 0 Å². The van der Waals surface area contributed by atoms with Crippen LogP contribution in [0.25, 0.3) is 0 Å². The van der Waals surface area contributed by atoms with E-state index in [2.05, 4.69) is 5.32 Å². The van der Waals surface area contributed by atoms with Crippen molar-refractivity contribution in [2.75, 3.05) is 33.3 Å². The zero-order valence-electron chi connectivity index (χ0n) is 19.4. The van der Waals surface area contributed by atoms with Crippen LogP contribution in [0, 0.1) is 0 Å². The highest BCUT2D eigenvalue weighted by Crippen LogP contribution is 2.24. The Kier molecular flexibility index (Phi) is 10.6. The molecule has 33 heavy (non-hydrogen) atoms. The first-order chi connectivity index (χ1) is 15.6. The summed E-state index contributed by atoms with van der Waals surface area (Å²) in [5.41, 5.74) is 7.95. The second kappa shape index (κ2) is 12.9. The molecule has 2 rings (SSSR count). The minimum Gasteiger partial charge on any atom is -0.494 e. The Morgan fingerprint density at radius 1 is 1.39 bits per heavy atom. The summed E-state index contributed by atoms with van der Waals surface area (Å²) in [6.45, 7) is 3.11. The van der Waals surface area contributed by atoms with E-state index < -0.39 is 18.4 Å². The number of halogens is 4. The van der Waals surface area contributed by atoms with Gasteiger partial charge in [0.15, 0.2) is 0 Å². The third kappa shape index (κ3) is 8.97. The number of nitrogens with two attached hydrogens (primary N) is 1. The number of amides is 1. The maximum Gasteiger partial charge on any atom is 0.404 e. The van der Waals surface area contributed by atoms with Crippen LogP contribution in [0.3, 0.4) is 0 Å². The zero-order chi connectivity index (χ0) is 24.4. The third-order valence-corrected chi connectivity index (χ3v) is 5.79. The summed E-state index contributed by atoms with van der Waals surface area (Å²) in [5, 5.41) is 2.27. The first-order valence-electron chi connectivity index (χ1n) is 11.4. The molecule has 5 nitrogen and oxygen atoms in total. The zero-order valence-corrected chi connectivity index (χ0v) is 19.4. The molecule has 1 unspecified atom stereocenters. The fourth-order valence-corrected chi connectivity index (χ4v) is 3.83. The van der Waals surface area contributed by atoms with Crippen LogP contribution in [0.5, 0.6) is 0 Å². The summed E-state index contributed by atoms with van der Waals surface area (Å²) < 4.78 is 58.2. The molecule has 2 atom stereocenters. The van der Waals surface area contributed by atoms with Crippen LogP contribution in [0.4, 0.5) is 17.6 Å². The molecule has 0 aromatic rings. The van der Waals surface area contributed by atoms with E-state index in [9.17, 15) is 22.4 Å². The Morgan fingerprint density at radius 2 is 2.15 bits per heavy atom. The van der Waals surface area contributed by atoms with Crippen molar-refractivity contribution in [3.05, 3.63) is 46.8 Å². The molecule has 0 spiro atoms. The highest BCUT2D eigenvalue weighted by Gasteiger charge is 2.37. The van der Waals surface area contributed by atoms with Crippen molar-refractivity contribution in [3.8, 4) is 0 Å². The minimum absolute atomic E-state index is 0.115. The first-order valence-corrected chi connectivity index (χ1v) is 11.4. The summed E-state index contributed by atoms with van der Waals surface area (Å²) in [7, 11) is 1.28. The molecular weight excluding hydrogens is 438 g/mol.